The van der Waals surface area contributed by atoms with Crippen LogP contribution in [0.2, 0.25) is 0 Å². The lowest BCUT2D eigenvalue weighted by Gasteiger charge is -2.34. The van der Waals surface area contributed by atoms with Crippen molar-refractivity contribution in [1.82, 2.24) is 0 Å². The van der Waals surface area contributed by atoms with Crippen molar-refractivity contribution in [2.75, 3.05) is 34.5 Å². The van der Waals surface area contributed by atoms with Crippen molar-refractivity contribution in [3.05, 3.63) is 82.9 Å². The zero-order chi connectivity index (χ0) is 25.5. The van der Waals surface area contributed by atoms with Gasteiger partial charge in [-0.3, -0.25) is 0 Å². The number of ether oxygens (including phenoxy) is 6. The number of hydrogen-bond donors (Lipinski definition) is 0. The highest BCUT2D eigenvalue weighted by Crippen LogP contribution is 2.38. The zero-order valence-electron chi connectivity index (χ0n) is 21.4. The Morgan fingerprint density at radius 1 is 0.806 bits per heavy atom. The molecule has 0 N–H and O–H groups in total. The number of hydrogen-bond acceptors (Lipinski definition) is 6. The predicted molar refractivity (Wildman–Crippen MR) is 138 cm³/mol. The molecule has 1 aliphatic rings. The Balaban J connectivity index is 1.59. The molecule has 1 aliphatic heterocycles. The summed E-state index contributed by atoms with van der Waals surface area (Å²) in [6, 6.07) is 19.4. The summed E-state index contributed by atoms with van der Waals surface area (Å²) in [5, 5.41) is 0. The molecule has 1 saturated heterocycles. The van der Waals surface area contributed by atoms with Gasteiger partial charge in [-0.25, -0.2) is 0 Å². The molecule has 0 radical (unpaired) electrons. The van der Waals surface area contributed by atoms with Crippen molar-refractivity contribution in [2.45, 2.75) is 26.7 Å². The summed E-state index contributed by atoms with van der Waals surface area (Å²) in [5.41, 5.74) is 3.34. The minimum absolute atomic E-state index is 0.0221. The molecule has 188 valence electrons. The lowest BCUT2D eigenvalue weighted by molar-refractivity contribution is -0.226. The molecule has 0 spiro atoms. The van der Waals surface area contributed by atoms with E-state index < -0.39 is 6.29 Å². The second-order valence-electron chi connectivity index (χ2n) is 9.31. The number of benzene rings is 3. The molecule has 0 aromatic heterocycles. The van der Waals surface area contributed by atoms with Crippen molar-refractivity contribution >= 4 is 0 Å². The fraction of sp³-hybridized carbons (Fsp3) is 0.333. The van der Waals surface area contributed by atoms with E-state index in [0.717, 1.165) is 16.7 Å². The van der Waals surface area contributed by atoms with Gasteiger partial charge in [0, 0.05) is 16.5 Å². The standard InChI is InChI=1S/C30H32O6/c1-30(2)19-35-29(36-20-30)24-16-23(28(33-5)27(17-24)32-4)13-11-21-12-14-25(26(15-21)31-3)34-18-22-9-7-6-8-10-22/h6-10,12,14-17,29H,18-20H2,1-5H3. The van der Waals surface area contributed by atoms with Crippen LogP contribution < -0.4 is 18.9 Å². The van der Waals surface area contributed by atoms with Crippen molar-refractivity contribution in [3.8, 4) is 34.8 Å². The summed E-state index contributed by atoms with van der Waals surface area (Å²) in [5.74, 6) is 8.81. The molecule has 6 heteroatoms. The highest BCUT2D eigenvalue weighted by molar-refractivity contribution is 5.59. The maximum atomic E-state index is 5.97. The average molecular weight is 489 g/mol. The van der Waals surface area contributed by atoms with Crippen LogP contribution in [-0.4, -0.2) is 34.5 Å². The van der Waals surface area contributed by atoms with E-state index in [4.69, 9.17) is 28.4 Å². The predicted octanol–water partition coefficient (Wildman–Crippen LogP) is 5.76. The van der Waals surface area contributed by atoms with Gasteiger partial charge in [-0.05, 0) is 35.9 Å². The third-order valence-corrected chi connectivity index (χ3v) is 5.77. The molecule has 3 aromatic rings. The summed E-state index contributed by atoms with van der Waals surface area (Å²) in [6.07, 6.45) is -0.487. The summed E-state index contributed by atoms with van der Waals surface area (Å²) in [7, 11) is 4.81. The van der Waals surface area contributed by atoms with Gasteiger partial charge in [0.1, 0.15) is 6.61 Å². The second kappa shape index (κ2) is 11.4. The lowest BCUT2D eigenvalue weighted by Crippen LogP contribution is -2.33. The second-order valence-corrected chi connectivity index (χ2v) is 9.31. The van der Waals surface area contributed by atoms with E-state index in [0.29, 0.717) is 48.4 Å². The highest BCUT2D eigenvalue weighted by atomic mass is 16.7. The smallest absolute Gasteiger partial charge is 0.184 e. The molecule has 6 nitrogen and oxygen atoms in total. The third kappa shape index (κ3) is 6.12. The van der Waals surface area contributed by atoms with Crippen molar-refractivity contribution in [1.29, 1.82) is 0 Å². The Morgan fingerprint density at radius 3 is 2.19 bits per heavy atom. The molecule has 0 atom stereocenters. The van der Waals surface area contributed by atoms with E-state index in [1.165, 1.54) is 0 Å². The van der Waals surface area contributed by atoms with Gasteiger partial charge in [0.25, 0.3) is 0 Å². The van der Waals surface area contributed by atoms with Crippen LogP contribution in [0.5, 0.6) is 23.0 Å². The van der Waals surface area contributed by atoms with Crippen LogP contribution in [0.25, 0.3) is 0 Å². The largest absolute Gasteiger partial charge is 0.493 e. The Bertz CT molecular complexity index is 1230. The van der Waals surface area contributed by atoms with E-state index in [-0.39, 0.29) is 5.41 Å². The van der Waals surface area contributed by atoms with E-state index in [9.17, 15) is 0 Å². The average Bonchev–Trinajstić information content (AvgIpc) is 2.90. The molecule has 36 heavy (non-hydrogen) atoms. The van der Waals surface area contributed by atoms with E-state index in [1.807, 2.05) is 60.7 Å². The van der Waals surface area contributed by atoms with Gasteiger partial charge in [-0.15, -0.1) is 0 Å². The van der Waals surface area contributed by atoms with Crippen LogP contribution in [0, 0.1) is 17.3 Å². The van der Waals surface area contributed by atoms with Crippen molar-refractivity contribution in [3.63, 3.8) is 0 Å². The normalized spacial score (nSPS) is 14.9. The molecular formula is C30H32O6. The fourth-order valence-electron chi connectivity index (χ4n) is 3.84. The first kappa shape index (κ1) is 25.4. The zero-order valence-corrected chi connectivity index (χ0v) is 21.4. The Hall–Kier alpha value is -3.66. The summed E-state index contributed by atoms with van der Waals surface area (Å²) in [6.45, 7) is 5.88. The Labute approximate surface area is 213 Å². The van der Waals surface area contributed by atoms with Gasteiger partial charge < -0.3 is 28.4 Å². The quantitative estimate of drug-likeness (QED) is 0.394. The van der Waals surface area contributed by atoms with Crippen LogP contribution in [0.3, 0.4) is 0 Å². The monoisotopic (exact) mass is 488 g/mol. The number of rotatable bonds is 7. The first-order valence-corrected chi connectivity index (χ1v) is 11.8. The van der Waals surface area contributed by atoms with Crippen LogP contribution >= 0.6 is 0 Å². The molecular weight excluding hydrogens is 456 g/mol. The molecule has 0 aliphatic carbocycles. The lowest BCUT2D eigenvalue weighted by atomic mass is 9.95. The number of methoxy groups -OCH3 is 3. The molecule has 1 heterocycles. The maximum absolute atomic E-state index is 5.97. The van der Waals surface area contributed by atoms with Crippen molar-refractivity contribution in [2.24, 2.45) is 5.41 Å². The molecule has 0 unspecified atom stereocenters. The van der Waals surface area contributed by atoms with E-state index >= 15 is 0 Å². The topological polar surface area (TPSA) is 55.4 Å². The van der Waals surface area contributed by atoms with Crippen LogP contribution in [-0.2, 0) is 16.1 Å². The molecule has 0 bridgehead atoms. The summed E-state index contributed by atoms with van der Waals surface area (Å²) in [4.78, 5) is 0. The first-order valence-electron chi connectivity index (χ1n) is 11.8. The van der Waals surface area contributed by atoms with Crippen LogP contribution in [0.15, 0.2) is 60.7 Å². The highest BCUT2D eigenvalue weighted by Gasteiger charge is 2.30. The summed E-state index contributed by atoms with van der Waals surface area (Å²) < 4.78 is 34.6. The molecule has 0 saturated carbocycles. The Kier molecular flexibility index (Phi) is 8.04. The third-order valence-electron chi connectivity index (χ3n) is 5.77. The van der Waals surface area contributed by atoms with Crippen LogP contribution in [0.1, 0.15) is 42.4 Å². The van der Waals surface area contributed by atoms with Gasteiger partial charge in [-0.1, -0.05) is 56.0 Å². The van der Waals surface area contributed by atoms with Gasteiger partial charge >= 0.3 is 0 Å². The molecule has 4 rings (SSSR count). The summed E-state index contributed by atoms with van der Waals surface area (Å²) >= 11 is 0. The van der Waals surface area contributed by atoms with Gasteiger partial charge in [0.2, 0.25) is 0 Å². The van der Waals surface area contributed by atoms with Crippen LogP contribution in [0.4, 0.5) is 0 Å². The minimum Gasteiger partial charge on any atom is -0.493 e. The fourth-order valence-corrected chi connectivity index (χ4v) is 3.84. The molecule has 1 fully saturated rings. The van der Waals surface area contributed by atoms with Gasteiger partial charge in [0.05, 0.1) is 40.1 Å². The van der Waals surface area contributed by atoms with Crippen molar-refractivity contribution < 1.29 is 28.4 Å². The SMILES string of the molecule is COc1cc(C#Cc2cc(C3OCC(C)(C)CO3)cc(OC)c2OC)ccc1OCc1ccccc1. The Morgan fingerprint density at radius 2 is 1.53 bits per heavy atom. The van der Waals surface area contributed by atoms with Gasteiger partial charge in [0.15, 0.2) is 29.3 Å². The van der Waals surface area contributed by atoms with E-state index in [2.05, 4.69) is 25.7 Å². The first-order chi connectivity index (χ1) is 17.4. The molecule has 3 aromatic carbocycles. The van der Waals surface area contributed by atoms with E-state index in [1.54, 1.807) is 21.3 Å². The van der Waals surface area contributed by atoms with Gasteiger partial charge in [-0.2, -0.15) is 0 Å². The molecule has 0 amide bonds. The maximum Gasteiger partial charge on any atom is 0.184 e. The minimum atomic E-state index is -0.487.